The van der Waals surface area contributed by atoms with Crippen molar-refractivity contribution in [3.8, 4) is 11.1 Å². The number of hydrogen-bond donors (Lipinski definition) is 3. The molecule has 1 saturated heterocycles. The number of amides is 2. The van der Waals surface area contributed by atoms with Crippen LogP contribution in [0.3, 0.4) is 0 Å². The van der Waals surface area contributed by atoms with E-state index < -0.39 is 18.4 Å². The van der Waals surface area contributed by atoms with E-state index in [0.717, 1.165) is 77.7 Å². The molecule has 2 amide bonds. The fourth-order valence-corrected chi connectivity index (χ4v) is 12.0. The number of halogens is 2. The van der Waals surface area contributed by atoms with E-state index in [2.05, 4.69) is 39.7 Å². The summed E-state index contributed by atoms with van der Waals surface area (Å²) in [5, 5.41) is 26.6. The molecule has 2 aromatic carbocycles. The first-order chi connectivity index (χ1) is 22.8. The number of nitrogens with one attached hydrogen (secondary N) is 2. The number of piperidine rings is 1. The first kappa shape index (κ1) is 32.1. The number of allylic oxidation sites excluding steroid dienone is 2. The van der Waals surface area contributed by atoms with E-state index in [1.807, 2.05) is 24.4 Å². The van der Waals surface area contributed by atoms with Crippen molar-refractivity contribution in [1.82, 2.24) is 33.1 Å². The van der Waals surface area contributed by atoms with Crippen LogP contribution in [0.25, 0.3) is 32.9 Å². The topological polar surface area (TPSA) is 131 Å². The maximum atomic E-state index is 13.0. The van der Waals surface area contributed by atoms with E-state index in [9.17, 15) is 14.4 Å². The molecule has 3 aliphatic heterocycles. The van der Waals surface area contributed by atoms with E-state index in [1.165, 1.54) is 32.1 Å². The molecule has 1 fully saturated rings. The summed E-state index contributed by atoms with van der Waals surface area (Å²) in [4.78, 5) is 38.1. The van der Waals surface area contributed by atoms with Gasteiger partial charge in [-0.3, -0.25) is 9.59 Å². The third kappa shape index (κ3) is 6.51. The number of nitrogens with zero attached hydrogens (tertiary/aromatic N) is 5. The molecule has 2 aromatic heterocycles. The minimum atomic E-state index is -1.15. The van der Waals surface area contributed by atoms with Crippen LogP contribution in [0, 0.1) is 0 Å². The Bertz CT molecular complexity index is 1880. The van der Waals surface area contributed by atoms with Gasteiger partial charge in [-0.15, -0.1) is 0 Å². The second-order valence-corrected chi connectivity index (χ2v) is 17.2. The Balaban J connectivity index is 1.26. The molecule has 248 valence electrons. The van der Waals surface area contributed by atoms with Crippen molar-refractivity contribution < 1.29 is 41.0 Å². The van der Waals surface area contributed by atoms with Crippen molar-refractivity contribution in [3.63, 3.8) is 0 Å². The van der Waals surface area contributed by atoms with Crippen molar-refractivity contribution in [2.24, 2.45) is 0 Å². The maximum absolute atomic E-state index is 13.0. The zero-order valence-electron chi connectivity index (χ0n) is 26.1. The molecule has 4 bridgehead atoms. The van der Waals surface area contributed by atoms with Crippen LogP contribution < -0.4 is 34.9 Å². The fraction of sp³-hybridized carbons (Fsp3) is 0.441. The molecular weight excluding hydrogens is 733 g/mol. The van der Waals surface area contributed by atoms with Gasteiger partial charge in [-0.1, -0.05) is 0 Å². The number of aliphatic carboxylic acids is 1. The normalized spacial score (nSPS) is 23.2. The predicted octanol–water partition coefficient (Wildman–Crippen LogP) is 1.64. The number of carbonyl (C=O) groups excluding carboxylic acids is 2. The second kappa shape index (κ2) is 13.6. The molecule has 0 spiro atoms. The second-order valence-electron chi connectivity index (χ2n) is 12.7. The van der Waals surface area contributed by atoms with Crippen LogP contribution in [0.2, 0.25) is 5.02 Å². The van der Waals surface area contributed by atoms with Crippen molar-refractivity contribution >= 4 is 51.2 Å². The van der Waals surface area contributed by atoms with Crippen molar-refractivity contribution in [1.29, 1.82) is 0 Å². The Labute approximate surface area is 288 Å². The molecule has 4 aliphatic rings. The van der Waals surface area contributed by atoms with E-state index in [-0.39, 0.29) is 46.4 Å². The summed E-state index contributed by atoms with van der Waals surface area (Å²) in [6, 6.07) is 10.3. The van der Waals surface area contributed by atoms with Gasteiger partial charge < -0.3 is 10.4 Å². The van der Waals surface area contributed by atoms with Crippen LogP contribution in [0.5, 0.6) is 0 Å². The molecule has 13 heteroatoms. The van der Waals surface area contributed by atoms with Gasteiger partial charge in [0.1, 0.15) is 6.54 Å². The fourth-order valence-electron chi connectivity index (χ4n) is 7.23. The molecule has 0 saturated carbocycles. The first-order valence-electron chi connectivity index (χ1n) is 16.4. The molecule has 5 heterocycles. The van der Waals surface area contributed by atoms with Gasteiger partial charge in [0.15, 0.2) is 0 Å². The van der Waals surface area contributed by atoms with Crippen LogP contribution in [0.15, 0.2) is 48.7 Å². The summed E-state index contributed by atoms with van der Waals surface area (Å²) in [6.45, 7) is 1.10. The summed E-state index contributed by atoms with van der Waals surface area (Å²) in [7, 11) is 0. The number of alkyl halides is 1. The zero-order chi connectivity index (χ0) is 32.5. The average molecular weight is 772 g/mol. The van der Waals surface area contributed by atoms with Gasteiger partial charge >= 0.3 is 263 Å². The van der Waals surface area contributed by atoms with Gasteiger partial charge in [-0.05, 0) is 0 Å². The number of quaternary nitrogens is 1. The molecular formula is C34H39ClIN7O4. The molecule has 4 aromatic rings. The van der Waals surface area contributed by atoms with E-state index in [4.69, 9.17) is 26.9 Å². The average Bonchev–Trinajstić information content (AvgIpc) is 3.67. The summed E-state index contributed by atoms with van der Waals surface area (Å²) >= 11 is 6.73. The minimum absolute atomic E-state index is 0.0694. The first-order valence-corrected chi connectivity index (χ1v) is 19.0. The van der Waals surface area contributed by atoms with Crippen molar-refractivity contribution in [2.75, 3.05) is 26.2 Å². The molecule has 1 atom stereocenters. The van der Waals surface area contributed by atoms with Crippen LogP contribution in [0.4, 0.5) is 0 Å². The number of carboxylic acid groups (broad SMARTS) is 1. The predicted molar refractivity (Wildman–Crippen MR) is 177 cm³/mol. The third-order valence-electron chi connectivity index (χ3n) is 9.55. The van der Waals surface area contributed by atoms with Gasteiger partial charge in [-0.2, -0.15) is 0 Å². The Kier molecular flexibility index (Phi) is 9.25. The Hall–Kier alpha value is -3.49. The SMILES string of the molecule is O=C(O)CNC(=O)CNC(=O)Cn1nc2c3c(cccc31)-c1cc3c(cnn3[N+]3([I-]C4CC/C=C\CCCC4)CCC2CC3)cc1Cl. The van der Waals surface area contributed by atoms with Crippen LogP contribution in [-0.2, 0) is 20.9 Å². The quantitative estimate of drug-likeness (QED) is 0.108. The van der Waals surface area contributed by atoms with Gasteiger partial charge in [-0.25, -0.2) is 0 Å². The molecule has 8 rings (SSSR count). The Morgan fingerprint density at radius 2 is 1.77 bits per heavy atom. The Morgan fingerprint density at radius 1 is 0.957 bits per heavy atom. The van der Waals surface area contributed by atoms with E-state index >= 15 is 0 Å². The molecule has 1 aliphatic carbocycles. The number of fused-ring (bicyclic) bond motifs is 2. The van der Waals surface area contributed by atoms with Gasteiger partial charge in [0.2, 0.25) is 0 Å². The number of rotatable bonds is 8. The number of hydrogen-bond acceptors (Lipinski definition) is 5. The van der Waals surface area contributed by atoms with Crippen LogP contribution in [0.1, 0.15) is 63.0 Å². The molecule has 47 heavy (non-hydrogen) atoms. The zero-order valence-corrected chi connectivity index (χ0v) is 29.0. The molecule has 3 N–H and O–H groups in total. The summed E-state index contributed by atoms with van der Waals surface area (Å²) in [5.41, 5.74) is 4.85. The van der Waals surface area contributed by atoms with Crippen LogP contribution >= 0.6 is 11.6 Å². The van der Waals surface area contributed by atoms with Gasteiger partial charge in [0.25, 0.3) is 0 Å². The van der Waals surface area contributed by atoms with Gasteiger partial charge in [0, 0.05) is 0 Å². The number of benzene rings is 2. The molecule has 1 unspecified atom stereocenters. The molecule has 0 radical (unpaired) electrons. The summed E-state index contributed by atoms with van der Waals surface area (Å²) < 4.78 is 3.36. The number of carboxylic acids is 1. The third-order valence-corrected chi connectivity index (χ3v) is 14.3. The van der Waals surface area contributed by atoms with Gasteiger partial charge in [0.05, 0.1) is 0 Å². The summed E-state index contributed by atoms with van der Waals surface area (Å²) in [6.07, 6.45) is 16.1. The number of aromatic nitrogens is 4. The van der Waals surface area contributed by atoms with Crippen molar-refractivity contribution in [2.45, 2.75) is 67.8 Å². The monoisotopic (exact) mass is 771 g/mol. The Morgan fingerprint density at radius 3 is 2.60 bits per heavy atom. The van der Waals surface area contributed by atoms with Crippen LogP contribution in [-0.4, -0.2) is 72.7 Å². The van der Waals surface area contributed by atoms with E-state index in [1.54, 1.807) is 4.68 Å². The summed E-state index contributed by atoms with van der Waals surface area (Å²) in [5.74, 6) is -1.88. The van der Waals surface area contributed by atoms with E-state index in [0.29, 0.717) is 5.02 Å². The standard InChI is InChI=1S/C34H39ClIN7O4/c35-27-16-23-18-39-42-29(23)17-26(27)25-10-7-11-28-33(25)34(40-41(28)21-31(45)37-19-30(44)38-20-32(46)47)22-12-14-43(42,15-13-22)36-24-8-5-3-1-2-4-6-9-24/h1,3,7,10-11,16-18,22,24H,2,4-6,8-9,12-15,19-21H2,(H,37,45)(H,38,44)(H,46,47)/b3-1-. The molecule has 11 nitrogen and oxygen atoms in total. The number of carbonyl (C=O) groups is 3. The van der Waals surface area contributed by atoms with Crippen molar-refractivity contribution in [3.05, 3.63) is 59.4 Å².